The summed E-state index contributed by atoms with van der Waals surface area (Å²) in [5.41, 5.74) is 0.795. The van der Waals surface area contributed by atoms with Crippen LogP contribution in [0.3, 0.4) is 0 Å². The molecule has 8 nitrogen and oxygen atoms in total. The van der Waals surface area contributed by atoms with Crippen molar-refractivity contribution in [2.24, 2.45) is 0 Å². The average Bonchev–Trinajstić information content (AvgIpc) is 3.37. The van der Waals surface area contributed by atoms with Gasteiger partial charge in [-0.25, -0.2) is 0 Å². The number of ether oxygens (including phenoxy) is 1. The minimum atomic E-state index is -4.95. The van der Waals surface area contributed by atoms with Gasteiger partial charge in [0.1, 0.15) is 5.58 Å². The predicted molar refractivity (Wildman–Crippen MR) is 114 cm³/mol. The lowest BCUT2D eigenvalue weighted by atomic mass is 10.0. The second kappa shape index (κ2) is 8.81. The number of hydrogen-bond donors (Lipinski definition) is 1. The quantitative estimate of drug-likeness (QED) is 0.306. The van der Waals surface area contributed by atoms with Gasteiger partial charge in [0.2, 0.25) is 0 Å². The van der Waals surface area contributed by atoms with Crippen LogP contribution in [-0.4, -0.2) is 22.9 Å². The molecule has 3 aromatic rings. The minimum absolute atomic E-state index is 0.186. The van der Waals surface area contributed by atoms with Crippen LogP contribution in [0.4, 0.5) is 24.5 Å². The Kier molecular flexibility index (Phi) is 6.03. The topological polar surface area (TPSA) is 112 Å². The number of aryl methyl sites for hydroxylation is 2. The van der Waals surface area contributed by atoms with E-state index < -0.39 is 46.0 Å². The number of fused-ring (bicyclic) bond motifs is 2. The van der Waals surface area contributed by atoms with Crippen molar-refractivity contribution in [1.82, 2.24) is 0 Å². The summed E-state index contributed by atoms with van der Waals surface area (Å²) in [4.78, 5) is 34.6. The van der Waals surface area contributed by atoms with Crippen LogP contribution in [0.25, 0.3) is 11.0 Å². The Bertz CT molecular complexity index is 1300. The Morgan fingerprint density at radius 3 is 2.59 bits per heavy atom. The molecule has 11 heteroatoms. The second-order valence-electron chi connectivity index (χ2n) is 8.01. The number of carbonyl (C=O) groups is 2. The van der Waals surface area contributed by atoms with Gasteiger partial charge in [-0.3, -0.25) is 19.7 Å². The molecule has 0 saturated heterocycles. The second-order valence-corrected chi connectivity index (χ2v) is 8.01. The Balaban J connectivity index is 1.44. The summed E-state index contributed by atoms with van der Waals surface area (Å²) in [6.07, 6.45) is -2.13. The van der Waals surface area contributed by atoms with E-state index in [9.17, 15) is 32.9 Å². The summed E-state index contributed by atoms with van der Waals surface area (Å²) in [7, 11) is 0. The number of nitro benzene ring substituents is 1. The third-order valence-corrected chi connectivity index (χ3v) is 5.66. The molecule has 1 unspecified atom stereocenters. The molecular weight excluding hydrogens is 457 g/mol. The number of nitro groups is 1. The summed E-state index contributed by atoms with van der Waals surface area (Å²) in [5, 5.41) is 13.6. The molecule has 1 aromatic heterocycles. The number of hydrogen-bond acceptors (Lipinski definition) is 6. The third kappa shape index (κ3) is 4.73. The van der Waals surface area contributed by atoms with Crippen LogP contribution in [0.15, 0.2) is 41.0 Å². The van der Waals surface area contributed by atoms with Crippen molar-refractivity contribution < 1.29 is 36.8 Å². The molecule has 0 saturated carbocycles. The number of furan rings is 1. The first kappa shape index (κ1) is 23.3. The van der Waals surface area contributed by atoms with Crippen molar-refractivity contribution in [3.63, 3.8) is 0 Å². The van der Waals surface area contributed by atoms with Crippen molar-refractivity contribution in [2.75, 3.05) is 5.32 Å². The van der Waals surface area contributed by atoms with E-state index in [2.05, 4.69) is 0 Å². The molecule has 1 aliphatic rings. The highest BCUT2D eigenvalue weighted by molar-refractivity contribution is 5.96. The summed E-state index contributed by atoms with van der Waals surface area (Å²) >= 11 is 0. The van der Waals surface area contributed by atoms with Crippen LogP contribution in [0.5, 0.6) is 0 Å². The number of alkyl halides is 3. The molecule has 1 atom stereocenters. The summed E-state index contributed by atoms with van der Waals surface area (Å²) in [6, 6.07) is 5.87. The zero-order chi connectivity index (χ0) is 24.6. The Morgan fingerprint density at radius 1 is 1.21 bits per heavy atom. The Morgan fingerprint density at radius 2 is 1.91 bits per heavy atom. The SMILES string of the molecule is CC(OC(=O)Cc1coc2cc3c(cc12)CCC3)C(=O)Nc1ccc([N+](=O)[O-])cc1C(F)(F)F. The maximum Gasteiger partial charge on any atom is 0.418 e. The van der Waals surface area contributed by atoms with Gasteiger partial charge in [0.05, 0.1) is 28.9 Å². The predicted octanol–water partition coefficient (Wildman–Crippen LogP) is 4.96. The molecule has 0 fully saturated rings. The van der Waals surface area contributed by atoms with Gasteiger partial charge < -0.3 is 14.5 Å². The van der Waals surface area contributed by atoms with Gasteiger partial charge in [-0.1, -0.05) is 0 Å². The largest absolute Gasteiger partial charge is 0.464 e. The van der Waals surface area contributed by atoms with Crippen molar-refractivity contribution >= 4 is 34.2 Å². The molecule has 34 heavy (non-hydrogen) atoms. The normalized spacial score (nSPS) is 14.0. The average molecular weight is 476 g/mol. The first-order chi connectivity index (χ1) is 16.0. The number of non-ortho nitro benzene ring substituents is 1. The highest BCUT2D eigenvalue weighted by Gasteiger charge is 2.36. The zero-order valence-corrected chi connectivity index (χ0v) is 17.9. The maximum absolute atomic E-state index is 13.3. The first-order valence-electron chi connectivity index (χ1n) is 10.4. The van der Waals surface area contributed by atoms with Gasteiger partial charge in [-0.2, -0.15) is 13.2 Å². The van der Waals surface area contributed by atoms with Crippen molar-refractivity contribution in [2.45, 2.75) is 44.9 Å². The van der Waals surface area contributed by atoms with Gasteiger partial charge in [0, 0.05) is 23.1 Å². The first-order valence-corrected chi connectivity index (χ1v) is 10.4. The van der Waals surface area contributed by atoms with Crippen LogP contribution in [0.2, 0.25) is 0 Å². The number of benzene rings is 2. The van der Waals surface area contributed by atoms with E-state index in [4.69, 9.17) is 9.15 Å². The highest BCUT2D eigenvalue weighted by atomic mass is 19.4. The van der Waals surface area contributed by atoms with E-state index in [1.54, 1.807) is 0 Å². The van der Waals surface area contributed by atoms with E-state index in [0.717, 1.165) is 36.8 Å². The molecule has 0 aliphatic heterocycles. The van der Waals surface area contributed by atoms with E-state index >= 15 is 0 Å². The number of carbonyl (C=O) groups excluding carboxylic acids is 2. The lowest BCUT2D eigenvalue weighted by Crippen LogP contribution is -2.31. The third-order valence-electron chi connectivity index (χ3n) is 5.66. The zero-order valence-electron chi connectivity index (χ0n) is 17.9. The number of esters is 1. The molecule has 178 valence electrons. The van der Waals surface area contributed by atoms with Gasteiger partial charge in [-0.05, 0) is 55.5 Å². The van der Waals surface area contributed by atoms with Gasteiger partial charge in [-0.15, -0.1) is 0 Å². The molecule has 1 amide bonds. The van der Waals surface area contributed by atoms with E-state index in [1.807, 2.05) is 17.4 Å². The van der Waals surface area contributed by atoms with E-state index in [1.165, 1.54) is 24.3 Å². The lowest BCUT2D eigenvalue weighted by Gasteiger charge is -2.16. The number of nitrogens with zero attached hydrogens (tertiary/aromatic N) is 1. The van der Waals surface area contributed by atoms with Crippen LogP contribution >= 0.6 is 0 Å². The molecule has 0 spiro atoms. The van der Waals surface area contributed by atoms with Crippen molar-refractivity contribution in [1.29, 1.82) is 0 Å². The summed E-state index contributed by atoms with van der Waals surface area (Å²) < 4.78 is 50.6. The van der Waals surface area contributed by atoms with Crippen LogP contribution in [0, 0.1) is 10.1 Å². The number of halogens is 3. The summed E-state index contributed by atoms with van der Waals surface area (Å²) in [6.45, 7) is 1.21. The van der Waals surface area contributed by atoms with E-state index in [0.29, 0.717) is 17.2 Å². The number of nitrogens with one attached hydrogen (secondary N) is 1. The maximum atomic E-state index is 13.3. The number of rotatable bonds is 6. The lowest BCUT2D eigenvalue weighted by molar-refractivity contribution is -0.385. The highest BCUT2D eigenvalue weighted by Crippen LogP contribution is 2.37. The fourth-order valence-electron chi connectivity index (χ4n) is 3.96. The van der Waals surface area contributed by atoms with Crippen LogP contribution in [-0.2, 0) is 39.8 Å². The molecular formula is C23H19F3N2O6. The van der Waals surface area contributed by atoms with Crippen LogP contribution in [0.1, 0.15) is 35.6 Å². The number of anilines is 1. The molecule has 0 bridgehead atoms. The monoisotopic (exact) mass is 476 g/mol. The Hall–Kier alpha value is -3.89. The fraction of sp³-hybridized carbons (Fsp3) is 0.304. The van der Waals surface area contributed by atoms with Crippen molar-refractivity contribution in [3.8, 4) is 0 Å². The molecule has 1 heterocycles. The van der Waals surface area contributed by atoms with Gasteiger partial charge in [0.15, 0.2) is 6.10 Å². The van der Waals surface area contributed by atoms with Gasteiger partial charge >= 0.3 is 12.1 Å². The molecule has 0 radical (unpaired) electrons. The molecule has 2 aromatic carbocycles. The molecule has 4 rings (SSSR count). The van der Waals surface area contributed by atoms with Crippen LogP contribution < -0.4 is 5.32 Å². The summed E-state index contributed by atoms with van der Waals surface area (Å²) in [5.74, 6) is -1.77. The molecule has 1 aliphatic carbocycles. The smallest absolute Gasteiger partial charge is 0.418 e. The Labute approximate surface area is 190 Å². The minimum Gasteiger partial charge on any atom is -0.464 e. The number of amides is 1. The standard InChI is InChI=1S/C23H19F3N2O6/c1-12(22(30)27-19-6-5-16(28(31)32)10-18(19)23(24,25)26)34-21(29)9-15-11-33-20-8-14-4-2-3-13(14)7-17(15)20/h5-8,10-12H,2-4,9H2,1H3,(H,27,30). The molecule has 1 N–H and O–H groups in total. The van der Waals surface area contributed by atoms with Crippen molar-refractivity contribution in [3.05, 3.63) is 69.0 Å². The fourth-order valence-corrected chi connectivity index (χ4v) is 3.96. The van der Waals surface area contributed by atoms with Gasteiger partial charge in [0.25, 0.3) is 11.6 Å². The van der Waals surface area contributed by atoms with E-state index in [-0.39, 0.29) is 6.42 Å².